The van der Waals surface area contributed by atoms with E-state index in [4.69, 9.17) is 11.6 Å². The summed E-state index contributed by atoms with van der Waals surface area (Å²) < 4.78 is 1.70. The predicted molar refractivity (Wildman–Crippen MR) is 75.7 cm³/mol. The quantitative estimate of drug-likeness (QED) is 0.881. The second-order valence-corrected chi connectivity index (χ2v) is 6.16. The number of hydrogen-bond acceptors (Lipinski definition) is 3. The summed E-state index contributed by atoms with van der Waals surface area (Å²) in [5, 5.41) is 12.9. The summed E-state index contributed by atoms with van der Waals surface area (Å²) in [4.78, 5) is 1.16. The Morgan fingerprint density at radius 1 is 1.29 bits per heavy atom. The lowest BCUT2D eigenvalue weighted by molar-refractivity contribution is 0.464. The van der Waals surface area contributed by atoms with Crippen LogP contribution in [0.1, 0.15) is 10.4 Å². The fraction of sp³-hybridized carbons (Fsp3) is 0.167. The molecule has 0 radical (unpaired) electrons. The molecule has 1 aromatic heterocycles. The van der Waals surface area contributed by atoms with Gasteiger partial charge in [0.2, 0.25) is 0 Å². The van der Waals surface area contributed by atoms with Crippen molar-refractivity contribution in [2.75, 3.05) is 0 Å². The van der Waals surface area contributed by atoms with E-state index in [-0.39, 0.29) is 0 Å². The van der Waals surface area contributed by atoms with E-state index < -0.39 is 0 Å². The highest BCUT2D eigenvalue weighted by molar-refractivity contribution is 9.10. The van der Waals surface area contributed by atoms with E-state index in [0.29, 0.717) is 12.3 Å². The molecule has 0 aliphatic carbocycles. The highest BCUT2D eigenvalue weighted by atomic mass is 79.9. The average Bonchev–Trinajstić information content (AvgIpc) is 2.61. The summed E-state index contributed by atoms with van der Waals surface area (Å²) in [6, 6.07) is 9.32. The van der Waals surface area contributed by atoms with E-state index >= 15 is 0 Å². The summed E-state index contributed by atoms with van der Waals surface area (Å²) in [6.45, 7) is 1.38. The van der Waals surface area contributed by atoms with Crippen LogP contribution in [-0.2, 0) is 13.1 Å². The highest BCUT2D eigenvalue weighted by Crippen LogP contribution is 2.31. The number of phenolic OH excluding ortho intramolecular Hbond substituents is 1. The molecule has 0 amide bonds. The van der Waals surface area contributed by atoms with Gasteiger partial charge in [0.25, 0.3) is 0 Å². The summed E-state index contributed by atoms with van der Waals surface area (Å²) >= 11 is 10.9. The van der Waals surface area contributed by atoms with Gasteiger partial charge in [0.15, 0.2) is 0 Å². The molecular formula is C12H11BrClNOS. The van der Waals surface area contributed by atoms with Crippen LogP contribution in [0.3, 0.4) is 0 Å². The van der Waals surface area contributed by atoms with Crippen LogP contribution in [-0.4, -0.2) is 5.11 Å². The molecule has 2 N–H and O–H groups in total. The average molecular weight is 333 g/mol. The molecule has 0 bridgehead atoms. The van der Waals surface area contributed by atoms with Crippen molar-refractivity contribution in [3.8, 4) is 5.75 Å². The highest BCUT2D eigenvalue weighted by Gasteiger charge is 2.04. The number of nitrogens with one attached hydrogen (secondary N) is 1. The molecule has 0 aliphatic heterocycles. The minimum atomic E-state index is 0.324. The summed E-state index contributed by atoms with van der Waals surface area (Å²) in [7, 11) is 0. The van der Waals surface area contributed by atoms with Crippen LogP contribution in [0, 0.1) is 0 Å². The fourth-order valence-corrected chi connectivity index (χ4v) is 3.22. The van der Waals surface area contributed by atoms with Crippen LogP contribution in [0.2, 0.25) is 4.34 Å². The van der Waals surface area contributed by atoms with Crippen LogP contribution >= 0.6 is 38.9 Å². The Hall–Kier alpha value is -0.550. The smallest absolute Gasteiger partial charge is 0.120 e. The second-order valence-electron chi connectivity index (χ2n) is 3.57. The van der Waals surface area contributed by atoms with Gasteiger partial charge in [0, 0.05) is 28.0 Å². The number of aromatic hydroxyl groups is 1. The Bertz CT molecular complexity index is 495. The Morgan fingerprint density at radius 3 is 2.71 bits per heavy atom. The van der Waals surface area contributed by atoms with Crippen molar-refractivity contribution in [3.05, 3.63) is 49.6 Å². The molecule has 0 unspecified atom stereocenters. The maximum atomic E-state index is 9.59. The van der Waals surface area contributed by atoms with E-state index in [9.17, 15) is 5.11 Å². The van der Waals surface area contributed by atoms with Crippen molar-refractivity contribution >= 4 is 38.9 Å². The monoisotopic (exact) mass is 331 g/mol. The molecule has 0 saturated heterocycles. The van der Waals surface area contributed by atoms with Crippen molar-refractivity contribution in [1.82, 2.24) is 5.32 Å². The first-order valence-electron chi connectivity index (χ1n) is 5.08. The fourth-order valence-electron chi connectivity index (χ4n) is 1.46. The van der Waals surface area contributed by atoms with Crippen LogP contribution < -0.4 is 5.32 Å². The molecule has 2 aromatic rings. The first-order chi connectivity index (χ1) is 8.16. The van der Waals surface area contributed by atoms with E-state index in [2.05, 4.69) is 21.2 Å². The summed E-state index contributed by atoms with van der Waals surface area (Å²) in [5.74, 6) is 0.324. The standard InChI is InChI=1S/C12H11BrClNOS/c13-10-5-9(17-12(10)14)7-15-6-8-3-1-2-4-11(8)16/h1-5,15-16H,6-7H2. The third kappa shape index (κ3) is 3.45. The van der Waals surface area contributed by atoms with E-state index in [1.54, 1.807) is 17.4 Å². The van der Waals surface area contributed by atoms with Gasteiger partial charge in [-0.25, -0.2) is 0 Å². The molecule has 0 atom stereocenters. The molecule has 2 rings (SSSR count). The number of hydrogen-bond donors (Lipinski definition) is 2. The lowest BCUT2D eigenvalue weighted by atomic mass is 10.2. The van der Waals surface area contributed by atoms with Gasteiger partial charge in [-0.1, -0.05) is 29.8 Å². The zero-order chi connectivity index (χ0) is 12.3. The molecule has 0 spiro atoms. The minimum Gasteiger partial charge on any atom is -0.508 e. The molecule has 0 aliphatic rings. The normalized spacial score (nSPS) is 10.7. The van der Waals surface area contributed by atoms with Gasteiger partial charge < -0.3 is 10.4 Å². The first kappa shape index (κ1) is 12.9. The van der Waals surface area contributed by atoms with Gasteiger partial charge in [-0.05, 0) is 28.1 Å². The zero-order valence-corrected chi connectivity index (χ0v) is 12.1. The summed E-state index contributed by atoms with van der Waals surface area (Å²) in [6.07, 6.45) is 0. The number of thiophene rings is 1. The van der Waals surface area contributed by atoms with Gasteiger partial charge in [0.05, 0.1) is 0 Å². The second kappa shape index (κ2) is 5.87. The van der Waals surface area contributed by atoms with Crippen molar-refractivity contribution in [2.45, 2.75) is 13.1 Å². The first-order valence-corrected chi connectivity index (χ1v) is 7.07. The zero-order valence-electron chi connectivity index (χ0n) is 8.91. The van der Waals surface area contributed by atoms with Crippen LogP contribution in [0.4, 0.5) is 0 Å². The molecule has 0 fully saturated rings. The number of rotatable bonds is 4. The third-order valence-corrected chi connectivity index (χ3v) is 4.78. The van der Waals surface area contributed by atoms with Crippen LogP contribution in [0.25, 0.3) is 0 Å². The van der Waals surface area contributed by atoms with Crippen molar-refractivity contribution in [3.63, 3.8) is 0 Å². The topological polar surface area (TPSA) is 32.3 Å². The summed E-state index contributed by atoms with van der Waals surface area (Å²) in [5.41, 5.74) is 0.897. The Kier molecular flexibility index (Phi) is 4.45. The van der Waals surface area contributed by atoms with Gasteiger partial charge in [-0.3, -0.25) is 0 Å². The molecule has 5 heteroatoms. The molecular weight excluding hydrogens is 322 g/mol. The predicted octanol–water partition coefficient (Wildman–Crippen LogP) is 4.16. The lowest BCUT2D eigenvalue weighted by Gasteiger charge is -2.05. The van der Waals surface area contributed by atoms with Gasteiger partial charge in [-0.15, -0.1) is 11.3 Å². The van der Waals surface area contributed by atoms with Crippen molar-refractivity contribution < 1.29 is 5.11 Å². The van der Waals surface area contributed by atoms with E-state index in [0.717, 1.165) is 25.8 Å². The molecule has 0 saturated carbocycles. The molecule has 2 nitrogen and oxygen atoms in total. The Labute approximate surface area is 117 Å². The van der Waals surface area contributed by atoms with Crippen molar-refractivity contribution in [2.24, 2.45) is 0 Å². The van der Waals surface area contributed by atoms with E-state index in [1.807, 2.05) is 24.3 Å². The Morgan fingerprint density at radius 2 is 2.06 bits per heavy atom. The maximum Gasteiger partial charge on any atom is 0.120 e. The molecule has 1 heterocycles. The van der Waals surface area contributed by atoms with Gasteiger partial charge in [-0.2, -0.15) is 0 Å². The molecule has 90 valence electrons. The van der Waals surface area contributed by atoms with Crippen LogP contribution in [0.5, 0.6) is 5.75 Å². The number of benzene rings is 1. The molecule has 1 aromatic carbocycles. The van der Waals surface area contributed by atoms with Gasteiger partial charge in [0.1, 0.15) is 10.1 Å². The SMILES string of the molecule is Oc1ccccc1CNCc1cc(Br)c(Cl)s1. The van der Waals surface area contributed by atoms with Crippen molar-refractivity contribution in [1.29, 1.82) is 0 Å². The van der Waals surface area contributed by atoms with E-state index in [1.165, 1.54) is 0 Å². The maximum absolute atomic E-state index is 9.59. The van der Waals surface area contributed by atoms with Gasteiger partial charge >= 0.3 is 0 Å². The van der Waals surface area contributed by atoms with Crippen LogP contribution in [0.15, 0.2) is 34.8 Å². The largest absolute Gasteiger partial charge is 0.508 e. The number of phenols is 1. The number of halogens is 2. The minimum absolute atomic E-state index is 0.324. The molecule has 17 heavy (non-hydrogen) atoms. The third-order valence-electron chi connectivity index (χ3n) is 2.30. The number of para-hydroxylation sites is 1. The lowest BCUT2D eigenvalue weighted by Crippen LogP contribution is -2.11. The Balaban J connectivity index is 1.90.